The van der Waals surface area contributed by atoms with Gasteiger partial charge in [0.1, 0.15) is 31.0 Å². The average Bonchev–Trinajstić information content (AvgIpc) is 3.32. The normalized spacial score (nSPS) is 25.4. The molecule has 0 radical (unpaired) electrons. The van der Waals surface area contributed by atoms with Crippen LogP contribution in [0.4, 0.5) is 0 Å². The van der Waals surface area contributed by atoms with E-state index in [2.05, 4.69) is 0 Å². The minimum Gasteiger partial charge on any atom is -0.459 e. The third-order valence-electron chi connectivity index (χ3n) is 10.1. The smallest absolute Gasteiger partial charge is 0.338 e. The number of aliphatic hydroxyl groups is 3. The fraction of sp³-hybridized carbons (Fsp3) is 0.255. The fourth-order valence-electron chi connectivity index (χ4n) is 6.83. The number of hydrogen-bond donors (Lipinski definition) is 3. The molecule has 7 rings (SSSR count). The summed E-state index contributed by atoms with van der Waals surface area (Å²) in [4.78, 5) is 66.6. The van der Waals surface area contributed by atoms with E-state index in [1.54, 1.807) is 91.0 Å². The van der Waals surface area contributed by atoms with Gasteiger partial charge in [0, 0.05) is 0 Å². The van der Waals surface area contributed by atoms with E-state index in [-0.39, 0.29) is 27.8 Å². The van der Waals surface area contributed by atoms with Crippen LogP contribution in [0.3, 0.4) is 0 Å². The van der Waals surface area contributed by atoms with E-state index >= 15 is 0 Å². The quantitative estimate of drug-likeness (QED) is 0.106. The number of esters is 5. The van der Waals surface area contributed by atoms with Crippen molar-refractivity contribution in [3.05, 3.63) is 179 Å². The van der Waals surface area contributed by atoms with Gasteiger partial charge in [0.25, 0.3) is 0 Å². The van der Waals surface area contributed by atoms with Gasteiger partial charge in [-0.1, -0.05) is 91.0 Å². The van der Waals surface area contributed by atoms with Crippen molar-refractivity contribution in [3.8, 4) is 0 Å². The van der Waals surface area contributed by atoms with Gasteiger partial charge in [0.05, 0.1) is 34.4 Å². The molecule has 0 saturated carbocycles. The SMILES string of the molecule is O=C(OC[C@H]1O[C@H](OC[C@H]2O[C@H](O)[C@@H](OC(=O)c3ccccc3)[C@@H](O)[C@@H]2OC(=O)c2ccccc2)[C@@H](O)[C@@H](OC(=O)c2ccccc2)[C@@H]1OC(=O)c1ccccc1)c1ccccc1. The molecule has 2 aliphatic heterocycles. The van der Waals surface area contributed by atoms with Crippen LogP contribution < -0.4 is 0 Å². The largest absolute Gasteiger partial charge is 0.459 e. The molecule has 2 fully saturated rings. The first-order valence-corrected chi connectivity index (χ1v) is 19.8. The lowest BCUT2D eigenvalue weighted by molar-refractivity contribution is -0.324. The highest BCUT2D eigenvalue weighted by atomic mass is 16.7. The summed E-state index contributed by atoms with van der Waals surface area (Å²) in [5.41, 5.74) is 0.558. The van der Waals surface area contributed by atoms with Gasteiger partial charge in [0.2, 0.25) is 0 Å². The van der Waals surface area contributed by atoms with Crippen LogP contribution in [0.5, 0.6) is 0 Å². The van der Waals surface area contributed by atoms with Gasteiger partial charge in [-0.2, -0.15) is 0 Å². The van der Waals surface area contributed by atoms with Gasteiger partial charge < -0.3 is 53.2 Å². The summed E-state index contributed by atoms with van der Waals surface area (Å²) in [5.74, 6) is -4.42. The second kappa shape index (κ2) is 20.9. The molecule has 5 aromatic rings. The number of benzene rings is 5. The minimum absolute atomic E-state index is 0.0815. The Balaban J connectivity index is 1.16. The van der Waals surface area contributed by atoms with Gasteiger partial charge in [-0.25, -0.2) is 24.0 Å². The molecular formula is C47H42O16. The van der Waals surface area contributed by atoms with Crippen molar-refractivity contribution in [1.29, 1.82) is 0 Å². The highest BCUT2D eigenvalue weighted by Crippen LogP contribution is 2.32. The molecule has 16 heteroatoms. The van der Waals surface area contributed by atoms with Gasteiger partial charge >= 0.3 is 29.8 Å². The van der Waals surface area contributed by atoms with Crippen LogP contribution in [-0.2, 0) is 37.9 Å². The molecule has 5 aromatic carbocycles. The van der Waals surface area contributed by atoms with E-state index in [0.29, 0.717) is 0 Å². The third-order valence-corrected chi connectivity index (χ3v) is 10.1. The lowest BCUT2D eigenvalue weighted by atomic mass is 9.97. The number of ether oxygens (including phenoxy) is 8. The number of rotatable bonds is 14. The Morgan fingerprint density at radius 1 is 0.397 bits per heavy atom. The summed E-state index contributed by atoms with van der Waals surface area (Å²) < 4.78 is 46.3. The van der Waals surface area contributed by atoms with Crippen LogP contribution in [0.1, 0.15) is 51.8 Å². The summed E-state index contributed by atoms with van der Waals surface area (Å²) in [7, 11) is 0. The second-order valence-electron chi connectivity index (χ2n) is 14.3. The highest BCUT2D eigenvalue weighted by Gasteiger charge is 2.53. The van der Waals surface area contributed by atoms with Crippen molar-refractivity contribution in [2.45, 2.75) is 61.4 Å². The monoisotopic (exact) mass is 862 g/mol. The molecule has 0 aromatic heterocycles. The summed E-state index contributed by atoms with van der Waals surface area (Å²) in [6.45, 7) is -1.32. The standard InChI is InChI=1S/C47H42O16/c48-35-37(60-42(51)29-18-8-2-9-19-29)33(58-46(55)40(35)63-45(54)32-24-14-5-15-25-32)27-57-47-36(49)39(62-44(53)31-22-12-4-13-23-31)38(61-43(52)30-20-10-3-11-21-30)34(59-47)26-56-41(50)28-16-6-1-7-17-28/h1-25,33-40,46-49,55H,26-27H2/t33-,34-,35+,36+,37-,38-,39-,40+,46+,47+/m1/s1. The molecule has 0 amide bonds. The Labute approximate surface area is 360 Å². The number of hydrogen-bond acceptors (Lipinski definition) is 16. The predicted octanol–water partition coefficient (Wildman–Crippen LogP) is 3.93. The zero-order chi connectivity index (χ0) is 44.3. The minimum atomic E-state index is -1.99. The van der Waals surface area contributed by atoms with Crippen molar-refractivity contribution in [2.75, 3.05) is 13.2 Å². The van der Waals surface area contributed by atoms with Crippen LogP contribution in [0.2, 0.25) is 0 Å². The van der Waals surface area contributed by atoms with E-state index in [1.165, 1.54) is 60.7 Å². The van der Waals surface area contributed by atoms with Crippen LogP contribution in [0, 0.1) is 0 Å². The first-order valence-electron chi connectivity index (χ1n) is 19.8. The molecule has 2 saturated heterocycles. The Hall–Kier alpha value is -6.79. The van der Waals surface area contributed by atoms with Gasteiger partial charge in [-0.05, 0) is 60.7 Å². The lowest BCUT2D eigenvalue weighted by Crippen LogP contribution is -2.63. The Morgan fingerprint density at radius 3 is 1.17 bits per heavy atom. The van der Waals surface area contributed by atoms with Crippen molar-refractivity contribution in [1.82, 2.24) is 0 Å². The van der Waals surface area contributed by atoms with E-state index in [1.807, 2.05) is 0 Å². The molecule has 3 N–H and O–H groups in total. The van der Waals surface area contributed by atoms with Crippen LogP contribution in [0.25, 0.3) is 0 Å². The zero-order valence-electron chi connectivity index (χ0n) is 33.3. The van der Waals surface area contributed by atoms with Crippen molar-refractivity contribution in [3.63, 3.8) is 0 Å². The second-order valence-corrected chi connectivity index (χ2v) is 14.3. The van der Waals surface area contributed by atoms with Gasteiger partial charge in [0.15, 0.2) is 37.0 Å². The van der Waals surface area contributed by atoms with Crippen molar-refractivity contribution < 1.29 is 77.2 Å². The predicted molar refractivity (Wildman–Crippen MR) is 217 cm³/mol. The fourth-order valence-corrected chi connectivity index (χ4v) is 6.83. The molecule has 2 heterocycles. The molecule has 0 spiro atoms. The van der Waals surface area contributed by atoms with E-state index in [0.717, 1.165) is 0 Å². The number of carbonyl (C=O) groups is 5. The molecule has 0 aliphatic carbocycles. The Kier molecular flexibility index (Phi) is 14.7. The maximum Gasteiger partial charge on any atom is 0.338 e. The average molecular weight is 863 g/mol. The summed E-state index contributed by atoms with van der Waals surface area (Å²) in [6, 6.07) is 39.1. The van der Waals surface area contributed by atoms with Gasteiger partial charge in [-0.3, -0.25) is 0 Å². The number of carbonyl (C=O) groups excluding carboxylic acids is 5. The van der Waals surface area contributed by atoms with Crippen molar-refractivity contribution in [2.24, 2.45) is 0 Å². The van der Waals surface area contributed by atoms with Crippen molar-refractivity contribution >= 4 is 29.8 Å². The summed E-state index contributed by atoms with van der Waals surface area (Å²) in [6.07, 6.45) is -17.4. The molecular weight excluding hydrogens is 821 g/mol. The van der Waals surface area contributed by atoms with Crippen LogP contribution in [-0.4, -0.2) is 120 Å². The molecule has 0 bridgehead atoms. The van der Waals surface area contributed by atoms with Gasteiger partial charge in [-0.15, -0.1) is 0 Å². The van der Waals surface area contributed by atoms with Crippen LogP contribution in [0.15, 0.2) is 152 Å². The van der Waals surface area contributed by atoms with E-state index in [4.69, 9.17) is 37.9 Å². The molecule has 63 heavy (non-hydrogen) atoms. The van der Waals surface area contributed by atoms with Crippen LogP contribution >= 0.6 is 0 Å². The first-order chi connectivity index (χ1) is 30.6. The van der Waals surface area contributed by atoms with E-state index < -0.39 is 104 Å². The molecule has 2 aliphatic rings. The Morgan fingerprint density at radius 2 is 0.746 bits per heavy atom. The summed E-state index contributed by atoms with van der Waals surface area (Å²) >= 11 is 0. The summed E-state index contributed by atoms with van der Waals surface area (Å²) in [5, 5.41) is 34.6. The molecule has 0 unspecified atom stereocenters. The maximum atomic E-state index is 13.6. The first kappa shape index (κ1) is 44.3. The highest BCUT2D eigenvalue weighted by molar-refractivity contribution is 5.91. The molecule has 16 nitrogen and oxygen atoms in total. The topological polar surface area (TPSA) is 220 Å². The zero-order valence-corrected chi connectivity index (χ0v) is 33.3. The molecule has 10 atom stereocenters. The molecule has 326 valence electrons. The lowest BCUT2D eigenvalue weighted by Gasteiger charge is -2.44. The van der Waals surface area contributed by atoms with E-state index in [9.17, 15) is 39.3 Å². The maximum absolute atomic E-state index is 13.6. The third kappa shape index (κ3) is 11.0. The number of aliphatic hydroxyl groups excluding tert-OH is 3. The Bertz CT molecular complexity index is 2300.